The predicted molar refractivity (Wildman–Crippen MR) is 129 cm³/mol. The van der Waals surface area contributed by atoms with Crippen molar-refractivity contribution in [2.75, 3.05) is 37.6 Å². The number of hydrogen-bond donors (Lipinski definition) is 0. The molecule has 2 aromatic heterocycles. The molecular weight excluding hydrogens is 404 g/mol. The highest BCUT2D eigenvalue weighted by Gasteiger charge is 2.23. The van der Waals surface area contributed by atoms with Crippen LogP contribution >= 0.6 is 0 Å². The lowest BCUT2D eigenvalue weighted by atomic mass is 9.95. The van der Waals surface area contributed by atoms with Crippen LogP contribution in [-0.4, -0.2) is 56.7 Å². The largest absolute Gasteiger partial charge is 0.354 e. The smallest absolute Gasteiger partial charge is 0.330 e. The van der Waals surface area contributed by atoms with Gasteiger partial charge >= 0.3 is 5.69 Å². The molecule has 3 rings (SSSR count). The molecule has 176 valence electrons. The maximum absolute atomic E-state index is 12.1. The minimum absolute atomic E-state index is 0.0622. The van der Waals surface area contributed by atoms with E-state index in [2.05, 4.69) is 43.6 Å². The molecule has 0 unspecified atom stereocenters. The highest BCUT2D eigenvalue weighted by Crippen LogP contribution is 2.23. The Hall–Kier alpha value is -2.48. The van der Waals surface area contributed by atoms with E-state index in [0.29, 0.717) is 6.54 Å². The molecule has 0 bridgehead atoms. The highest BCUT2D eigenvalue weighted by atomic mass is 16.2. The standard InChI is InChI=1S/C24H38N6O2/c1-6-9-19-18-20(26-22(25-19)24(2,3)4)29-16-14-28(15-17-29)11-7-8-12-30-13-10-21(31)27(5)23(30)32/h10,13,18H,6-9,11-12,14-17H2,1-5H3. The first kappa shape index (κ1) is 24.2. The van der Waals surface area contributed by atoms with E-state index in [1.165, 1.54) is 13.1 Å². The van der Waals surface area contributed by atoms with Crippen LogP contribution in [0.3, 0.4) is 0 Å². The average Bonchev–Trinajstić information content (AvgIpc) is 2.76. The van der Waals surface area contributed by atoms with Crippen LogP contribution in [0.4, 0.5) is 5.82 Å². The molecule has 2 aromatic rings. The fourth-order valence-electron chi connectivity index (χ4n) is 3.97. The third kappa shape index (κ3) is 6.06. The lowest BCUT2D eigenvalue weighted by Gasteiger charge is -2.36. The van der Waals surface area contributed by atoms with Crippen LogP contribution in [0.1, 0.15) is 58.5 Å². The third-order valence-corrected chi connectivity index (χ3v) is 6.02. The van der Waals surface area contributed by atoms with Crippen molar-refractivity contribution in [3.63, 3.8) is 0 Å². The molecule has 32 heavy (non-hydrogen) atoms. The molecular formula is C24H38N6O2. The van der Waals surface area contributed by atoms with Gasteiger partial charge in [0.05, 0.1) is 0 Å². The Balaban J connectivity index is 1.51. The summed E-state index contributed by atoms with van der Waals surface area (Å²) < 4.78 is 2.78. The number of anilines is 1. The van der Waals surface area contributed by atoms with Crippen LogP contribution in [0, 0.1) is 0 Å². The summed E-state index contributed by atoms with van der Waals surface area (Å²) >= 11 is 0. The van der Waals surface area contributed by atoms with E-state index >= 15 is 0 Å². The fraction of sp³-hybridized carbons (Fsp3) is 0.667. The Morgan fingerprint density at radius 1 is 1.00 bits per heavy atom. The molecule has 0 amide bonds. The number of nitrogens with zero attached hydrogens (tertiary/aromatic N) is 6. The quantitative estimate of drug-likeness (QED) is 0.584. The number of hydrogen-bond acceptors (Lipinski definition) is 6. The molecule has 1 aliphatic rings. The molecule has 1 saturated heterocycles. The predicted octanol–water partition coefficient (Wildman–Crippen LogP) is 2.19. The molecule has 0 saturated carbocycles. The summed E-state index contributed by atoms with van der Waals surface area (Å²) in [6.45, 7) is 14.3. The monoisotopic (exact) mass is 442 g/mol. The second-order valence-electron chi connectivity index (χ2n) is 9.77. The van der Waals surface area contributed by atoms with E-state index in [9.17, 15) is 9.59 Å². The molecule has 0 aliphatic carbocycles. The van der Waals surface area contributed by atoms with Gasteiger partial charge in [-0.05, 0) is 25.8 Å². The minimum atomic E-state index is -0.260. The zero-order valence-electron chi connectivity index (χ0n) is 20.3. The van der Waals surface area contributed by atoms with Crippen LogP contribution < -0.4 is 16.1 Å². The van der Waals surface area contributed by atoms with Gasteiger partial charge in [-0.15, -0.1) is 0 Å². The van der Waals surface area contributed by atoms with Gasteiger partial charge in [0.2, 0.25) is 0 Å². The van der Waals surface area contributed by atoms with Gasteiger partial charge in [-0.2, -0.15) is 0 Å². The van der Waals surface area contributed by atoms with Gasteiger partial charge in [-0.3, -0.25) is 14.3 Å². The van der Waals surface area contributed by atoms with Crippen LogP contribution in [-0.2, 0) is 25.4 Å². The molecule has 0 N–H and O–H groups in total. The summed E-state index contributed by atoms with van der Waals surface area (Å²) in [6.07, 6.45) is 5.61. The third-order valence-electron chi connectivity index (χ3n) is 6.02. The normalized spacial score (nSPS) is 15.3. The summed E-state index contributed by atoms with van der Waals surface area (Å²) in [6, 6.07) is 3.62. The SMILES string of the molecule is CCCc1cc(N2CCN(CCCCn3ccc(=O)n(C)c3=O)CC2)nc(C(C)(C)C)n1. The first-order valence-corrected chi connectivity index (χ1v) is 11.8. The summed E-state index contributed by atoms with van der Waals surface area (Å²) in [5.41, 5.74) is 0.573. The lowest BCUT2D eigenvalue weighted by molar-refractivity contribution is 0.250. The van der Waals surface area contributed by atoms with Gasteiger partial charge in [0.1, 0.15) is 11.6 Å². The number of rotatable bonds is 8. The lowest BCUT2D eigenvalue weighted by Crippen LogP contribution is -2.47. The van der Waals surface area contributed by atoms with E-state index in [1.54, 1.807) is 10.8 Å². The fourth-order valence-corrected chi connectivity index (χ4v) is 3.97. The summed E-state index contributed by atoms with van der Waals surface area (Å²) in [5, 5.41) is 0. The molecule has 0 atom stereocenters. The van der Waals surface area contributed by atoms with Crippen molar-refractivity contribution in [1.29, 1.82) is 0 Å². The van der Waals surface area contributed by atoms with Crippen molar-refractivity contribution < 1.29 is 0 Å². The Kier molecular flexibility index (Phi) is 7.87. The number of aromatic nitrogens is 4. The summed E-state index contributed by atoms with van der Waals surface area (Å²) in [5.74, 6) is 1.98. The van der Waals surface area contributed by atoms with Crippen molar-refractivity contribution in [3.8, 4) is 0 Å². The second kappa shape index (κ2) is 10.4. The molecule has 1 fully saturated rings. The number of unbranched alkanes of at least 4 members (excludes halogenated alkanes) is 1. The number of aryl methyl sites for hydroxylation is 2. The van der Waals surface area contributed by atoms with Gasteiger partial charge in [-0.1, -0.05) is 34.1 Å². The Morgan fingerprint density at radius 2 is 1.69 bits per heavy atom. The molecule has 0 aromatic carbocycles. The van der Waals surface area contributed by atoms with Crippen molar-refractivity contribution in [3.05, 3.63) is 50.7 Å². The van der Waals surface area contributed by atoms with E-state index in [0.717, 1.165) is 80.3 Å². The van der Waals surface area contributed by atoms with Gasteiger partial charge in [-0.25, -0.2) is 14.8 Å². The molecule has 8 nitrogen and oxygen atoms in total. The Labute approximate surface area is 190 Å². The van der Waals surface area contributed by atoms with Crippen LogP contribution in [0.15, 0.2) is 27.9 Å². The summed E-state index contributed by atoms with van der Waals surface area (Å²) in [7, 11) is 1.52. The van der Waals surface area contributed by atoms with Gasteiger partial charge in [0.25, 0.3) is 5.56 Å². The molecule has 3 heterocycles. The van der Waals surface area contributed by atoms with Gasteiger partial charge in [0, 0.05) is 69.2 Å². The van der Waals surface area contributed by atoms with E-state index < -0.39 is 0 Å². The summed E-state index contributed by atoms with van der Waals surface area (Å²) in [4.78, 5) is 38.2. The second-order valence-corrected chi connectivity index (χ2v) is 9.77. The molecule has 0 spiro atoms. The topological polar surface area (TPSA) is 76.3 Å². The van der Waals surface area contributed by atoms with Crippen LogP contribution in [0.25, 0.3) is 0 Å². The first-order chi connectivity index (χ1) is 15.2. The van der Waals surface area contributed by atoms with Crippen molar-refractivity contribution in [1.82, 2.24) is 24.0 Å². The van der Waals surface area contributed by atoms with Crippen molar-refractivity contribution in [2.45, 2.75) is 65.3 Å². The van der Waals surface area contributed by atoms with Crippen LogP contribution in [0.5, 0.6) is 0 Å². The van der Waals surface area contributed by atoms with Crippen molar-refractivity contribution in [2.24, 2.45) is 7.05 Å². The van der Waals surface area contributed by atoms with E-state index in [-0.39, 0.29) is 16.7 Å². The maximum atomic E-state index is 12.1. The van der Waals surface area contributed by atoms with Gasteiger partial charge in [0.15, 0.2) is 0 Å². The molecule has 0 radical (unpaired) electrons. The van der Waals surface area contributed by atoms with Crippen LogP contribution in [0.2, 0.25) is 0 Å². The zero-order chi connectivity index (χ0) is 23.3. The molecule has 8 heteroatoms. The number of piperazine rings is 1. The Morgan fingerprint density at radius 3 is 2.34 bits per heavy atom. The highest BCUT2D eigenvalue weighted by molar-refractivity contribution is 5.41. The first-order valence-electron chi connectivity index (χ1n) is 11.8. The minimum Gasteiger partial charge on any atom is -0.354 e. The van der Waals surface area contributed by atoms with E-state index in [1.807, 2.05) is 0 Å². The molecule has 1 aliphatic heterocycles. The Bertz CT molecular complexity index is 1010. The maximum Gasteiger partial charge on any atom is 0.330 e. The zero-order valence-corrected chi connectivity index (χ0v) is 20.3. The van der Waals surface area contributed by atoms with Gasteiger partial charge < -0.3 is 9.47 Å². The van der Waals surface area contributed by atoms with E-state index in [4.69, 9.17) is 9.97 Å². The average molecular weight is 443 g/mol. The van der Waals surface area contributed by atoms with Crippen molar-refractivity contribution >= 4 is 5.82 Å².